The van der Waals surface area contributed by atoms with Gasteiger partial charge in [-0.2, -0.15) is 0 Å². The summed E-state index contributed by atoms with van der Waals surface area (Å²) in [5.41, 5.74) is 1.24. The average molecular weight is 277 g/mol. The van der Waals surface area contributed by atoms with E-state index in [9.17, 15) is 4.79 Å². The molecule has 20 heavy (non-hydrogen) atoms. The lowest BCUT2D eigenvalue weighted by Gasteiger charge is -2.29. The molecule has 0 spiro atoms. The lowest BCUT2D eigenvalue weighted by atomic mass is 10.2. The van der Waals surface area contributed by atoms with Gasteiger partial charge in [-0.1, -0.05) is 0 Å². The van der Waals surface area contributed by atoms with Crippen LogP contribution in [0.25, 0.3) is 0 Å². The van der Waals surface area contributed by atoms with Crippen molar-refractivity contribution in [3.63, 3.8) is 0 Å². The first-order valence-corrected chi connectivity index (χ1v) is 7.19. The van der Waals surface area contributed by atoms with Crippen LogP contribution in [0.5, 0.6) is 5.75 Å². The van der Waals surface area contributed by atoms with Crippen LogP contribution in [-0.2, 0) is 4.79 Å². The van der Waals surface area contributed by atoms with Crippen LogP contribution < -0.4 is 20.3 Å². The maximum Gasteiger partial charge on any atom is 0.219 e. The highest BCUT2D eigenvalue weighted by Gasteiger charge is 2.09. The molecule has 2 rings (SSSR count). The molecule has 1 fully saturated rings. The Morgan fingerprint density at radius 3 is 2.65 bits per heavy atom. The van der Waals surface area contributed by atoms with E-state index in [2.05, 4.69) is 27.7 Å². The van der Waals surface area contributed by atoms with Crippen LogP contribution in [0, 0.1) is 0 Å². The molecule has 1 aliphatic rings. The standard InChI is InChI=1S/C15H23N3O2/c1-16-15(19)3-2-12-20-14-6-4-13(5-7-14)18-10-8-17-9-11-18/h4-7,17H,2-3,8-12H2,1H3,(H,16,19). The van der Waals surface area contributed by atoms with E-state index in [1.165, 1.54) is 5.69 Å². The third-order valence-corrected chi connectivity index (χ3v) is 3.41. The second kappa shape index (κ2) is 7.75. The van der Waals surface area contributed by atoms with Gasteiger partial charge in [0.1, 0.15) is 5.75 Å². The third kappa shape index (κ3) is 4.42. The normalized spacial score (nSPS) is 14.9. The number of nitrogens with zero attached hydrogens (tertiary/aromatic N) is 1. The molecule has 2 N–H and O–H groups in total. The summed E-state index contributed by atoms with van der Waals surface area (Å²) in [6.07, 6.45) is 1.24. The van der Waals surface area contributed by atoms with Crippen LogP contribution in [0.15, 0.2) is 24.3 Å². The minimum absolute atomic E-state index is 0.0580. The smallest absolute Gasteiger partial charge is 0.219 e. The Morgan fingerprint density at radius 1 is 1.30 bits per heavy atom. The first kappa shape index (κ1) is 14.7. The Hall–Kier alpha value is -1.75. The van der Waals surface area contributed by atoms with Crippen molar-refractivity contribution in [1.29, 1.82) is 0 Å². The van der Waals surface area contributed by atoms with E-state index in [0.29, 0.717) is 13.0 Å². The van der Waals surface area contributed by atoms with Gasteiger partial charge in [-0.05, 0) is 30.7 Å². The number of rotatable bonds is 6. The SMILES string of the molecule is CNC(=O)CCCOc1ccc(N2CCNCC2)cc1. The summed E-state index contributed by atoms with van der Waals surface area (Å²) in [6, 6.07) is 8.19. The first-order chi connectivity index (χ1) is 9.79. The van der Waals surface area contributed by atoms with Gasteiger partial charge in [0.15, 0.2) is 0 Å². The van der Waals surface area contributed by atoms with E-state index in [1.54, 1.807) is 7.05 Å². The van der Waals surface area contributed by atoms with Gasteiger partial charge in [0, 0.05) is 45.3 Å². The zero-order valence-corrected chi connectivity index (χ0v) is 12.0. The zero-order chi connectivity index (χ0) is 14.2. The highest BCUT2D eigenvalue weighted by Crippen LogP contribution is 2.19. The zero-order valence-electron chi connectivity index (χ0n) is 12.0. The Bertz CT molecular complexity index is 414. The molecule has 1 aromatic rings. The minimum Gasteiger partial charge on any atom is -0.494 e. The number of hydrogen-bond acceptors (Lipinski definition) is 4. The molecule has 0 unspecified atom stereocenters. The number of carbonyl (C=O) groups is 1. The minimum atomic E-state index is 0.0580. The van der Waals surface area contributed by atoms with E-state index in [0.717, 1.165) is 38.3 Å². The van der Waals surface area contributed by atoms with Crippen molar-refractivity contribution in [3.8, 4) is 5.75 Å². The predicted molar refractivity (Wildman–Crippen MR) is 80.3 cm³/mol. The van der Waals surface area contributed by atoms with Gasteiger partial charge >= 0.3 is 0 Å². The third-order valence-electron chi connectivity index (χ3n) is 3.41. The van der Waals surface area contributed by atoms with Crippen molar-refractivity contribution in [2.45, 2.75) is 12.8 Å². The molecule has 5 nitrogen and oxygen atoms in total. The number of piperazine rings is 1. The van der Waals surface area contributed by atoms with Gasteiger partial charge in [-0.25, -0.2) is 0 Å². The fraction of sp³-hybridized carbons (Fsp3) is 0.533. The van der Waals surface area contributed by atoms with Crippen molar-refractivity contribution in [2.24, 2.45) is 0 Å². The van der Waals surface area contributed by atoms with Crippen molar-refractivity contribution in [2.75, 3.05) is 44.7 Å². The van der Waals surface area contributed by atoms with Crippen LogP contribution in [0.3, 0.4) is 0 Å². The molecule has 0 aromatic heterocycles. The summed E-state index contributed by atoms with van der Waals surface area (Å²) < 4.78 is 5.63. The highest BCUT2D eigenvalue weighted by molar-refractivity contribution is 5.75. The molecular formula is C15H23N3O2. The summed E-state index contributed by atoms with van der Waals surface area (Å²) in [7, 11) is 1.65. The largest absolute Gasteiger partial charge is 0.494 e. The molecule has 0 atom stereocenters. The molecular weight excluding hydrogens is 254 g/mol. The Balaban J connectivity index is 1.75. The van der Waals surface area contributed by atoms with E-state index in [4.69, 9.17) is 4.74 Å². The van der Waals surface area contributed by atoms with Crippen LogP contribution >= 0.6 is 0 Å². The molecule has 0 radical (unpaired) electrons. The Labute approximate surface area is 120 Å². The van der Waals surface area contributed by atoms with E-state index >= 15 is 0 Å². The topological polar surface area (TPSA) is 53.6 Å². The van der Waals surface area contributed by atoms with Gasteiger partial charge < -0.3 is 20.3 Å². The predicted octanol–water partition coefficient (Wildman–Crippen LogP) is 1.00. The van der Waals surface area contributed by atoms with Gasteiger partial charge in [0.05, 0.1) is 6.61 Å². The van der Waals surface area contributed by atoms with E-state index in [-0.39, 0.29) is 5.91 Å². The number of nitrogens with one attached hydrogen (secondary N) is 2. The molecule has 1 saturated heterocycles. The summed E-state index contributed by atoms with van der Waals surface area (Å²) in [6.45, 7) is 4.74. The number of carbonyl (C=O) groups excluding carboxylic acids is 1. The van der Waals surface area contributed by atoms with Crippen molar-refractivity contribution in [1.82, 2.24) is 10.6 Å². The second-order valence-corrected chi connectivity index (χ2v) is 4.86. The quantitative estimate of drug-likeness (QED) is 0.762. The van der Waals surface area contributed by atoms with Crippen LogP contribution in [-0.4, -0.2) is 45.7 Å². The highest BCUT2D eigenvalue weighted by atomic mass is 16.5. The summed E-state index contributed by atoms with van der Waals surface area (Å²) in [5.74, 6) is 0.920. The molecule has 0 bridgehead atoms. The van der Waals surface area contributed by atoms with Crippen LogP contribution in [0.2, 0.25) is 0 Å². The van der Waals surface area contributed by atoms with E-state index in [1.807, 2.05) is 12.1 Å². The second-order valence-electron chi connectivity index (χ2n) is 4.86. The maximum absolute atomic E-state index is 11.1. The number of hydrogen-bond donors (Lipinski definition) is 2. The lowest BCUT2D eigenvalue weighted by molar-refractivity contribution is -0.120. The van der Waals surface area contributed by atoms with Gasteiger partial charge in [0.25, 0.3) is 0 Å². The molecule has 1 aliphatic heterocycles. The summed E-state index contributed by atoms with van der Waals surface area (Å²) in [5, 5.41) is 5.95. The van der Waals surface area contributed by atoms with Crippen molar-refractivity contribution >= 4 is 11.6 Å². The van der Waals surface area contributed by atoms with Crippen molar-refractivity contribution < 1.29 is 9.53 Å². The monoisotopic (exact) mass is 277 g/mol. The summed E-state index contributed by atoms with van der Waals surface area (Å²) >= 11 is 0. The Kier molecular flexibility index (Phi) is 5.68. The molecule has 0 aliphatic carbocycles. The average Bonchev–Trinajstić information content (AvgIpc) is 2.52. The van der Waals surface area contributed by atoms with Gasteiger partial charge in [-0.15, -0.1) is 0 Å². The van der Waals surface area contributed by atoms with E-state index < -0.39 is 0 Å². The van der Waals surface area contributed by atoms with Gasteiger partial charge in [0.2, 0.25) is 5.91 Å². The number of amides is 1. The fourth-order valence-corrected chi connectivity index (χ4v) is 2.22. The van der Waals surface area contributed by atoms with Gasteiger partial charge in [-0.3, -0.25) is 4.79 Å². The van der Waals surface area contributed by atoms with Crippen LogP contribution in [0.4, 0.5) is 5.69 Å². The lowest BCUT2D eigenvalue weighted by Crippen LogP contribution is -2.43. The first-order valence-electron chi connectivity index (χ1n) is 7.19. The van der Waals surface area contributed by atoms with Crippen LogP contribution in [0.1, 0.15) is 12.8 Å². The summed E-state index contributed by atoms with van der Waals surface area (Å²) in [4.78, 5) is 13.4. The van der Waals surface area contributed by atoms with Crippen molar-refractivity contribution in [3.05, 3.63) is 24.3 Å². The molecule has 1 heterocycles. The number of benzene rings is 1. The maximum atomic E-state index is 11.1. The molecule has 1 aromatic carbocycles. The molecule has 110 valence electrons. The Morgan fingerprint density at radius 2 is 2.00 bits per heavy atom. The molecule has 0 saturated carbocycles. The molecule has 1 amide bonds. The number of anilines is 1. The fourth-order valence-electron chi connectivity index (χ4n) is 2.22. The number of ether oxygens (including phenoxy) is 1. The molecule has 5 heteroatoms.